The Hall–Kier alpha value is -2.75. The summed E-state index contributed by atoms with van der Waals surface area (Å²) in [6.07, 6.45) is 4.00. The Morgan fingerprint density at radius 2 is 1.61 bits per heavy atom. The third-order valence-electron chi connectivity index (χ3n) is 6.79. The van der Waals surface area contributed by atoms with Crippen LogP contribution < -0.4 is 14.5 Å². The SMILES string of the molecule is CC(C)c1cc(Oc2[c-]c(N3C=CN(C)[CH-]3)ccc2)[c-]c(N2[CH-]N(C)C(C)(C)c3ccccc32)c1.[Pt+4]. The van der Waals surface area contributed by atoms with Gasteiger partial charge in [0.2, 0.25) is 0 Å². The number of ether oxygens (including phenoxy) is 1. The van der Waals surface area contributed by atoms with E-state index < -0.39 is 0 Å². The summed E-state index contributed by atoms with van der Waals surface area (Å²) in [6, 6.07) is 25.7. The molecule has 0 fully saturated rings. The molecular weight excluding hydrogens is 627 g/mol. The van der Waals surface area contributed by atoms with Crippen molar-refractivity contribution in [1.82, 2.24) is 9.80 Å². The molecule has 6 heteroatoms. The normalized spacial score (nSPS) is 16.8. The molecule has 0 spiro atoms. The van der Waals surface area contributed by atoms with Crippen molar-refractivity contribution in [2.75, 3.05) is 23.9 Å². The third kappa shape index (κ3) is 5.05. The maximum atomic E-state index is 6.34. The second-order valence-electron chi connectivity index (χ2n) is 9.98. The summed E-state index contributed by atoms with van der Waals surface area (Å²) in [6.45, 7) is 13.0. The molecule has 0 aromatic heterocycles. The molecule has 0 amide bonds. The number of anilines is 3. The van der Waals surface area contributed by atoms with Crippen LogP contribution in [0.25, 0.3) is 0 Å². The van der Waals surface area contributed by atoms with E-state index in [0.717, 1.165) is 17.1 Å². The van der Waals surface area contributed by atoms with E-state index in [1.807, 2.05) is 54.1 Å². The molecule has 0 bridgehead atoms. The van der Waals surface area contributed by atoms with Crippen LogP contribution in [0, 0.1) is 25.5 Å². The molecule has 3 aromatic rings. The van der Waals surface area contributed by atoms with Crippen LogP contribution >= 0.6 is 0 Å². The monoisotopic (exact) mass is 659 g/mol. The Morgan fingerprint density at radius 1 is 0.861 bits per heavy atom. The maximum absolute atomic E-state index is 6.34. The molecule has 5 nitrogen and oxygen atoms in total. The quantitative estimate of drug-likeness (QED) is 0.275. The maximum Gasteiger partial charge on any atom is 4.00 e. The fourth-order valence-electron chi connectivity index (χ4n) is 4.39. The summed E-state index contributed by atoms with van der Waals surface area (Å²) >= 11 is 0. The zero-order valence-electron chi connectivity index (χ0n) is 21.6. The molecule has 0 atom stereocenters. The van der Waals surface area contributed by atoms with Gasteiger partial charge in [0.25, 0.3) is 0 Å². The van der Waals surface area contributed by atoms with E-state index in [1.165, 1.54) is 11.1 Å². The molecule has 3 aromatic carbocycles. The van der Waals surface area contributed by atoms with Crippen LogP contribution in [0.3, 0.4) is 0 Å². The molecule has 2 heterocycles. The Labute approximate surface area is 230 Å². The van der Waals surface area contributed by atoms with Gasteiger partial charge in [0.1, 0.15) is 0 Å². The number of nitrogens with zero attached hydrogens (tertiary/aromatic N) is 4. The van der Waals surface area contributed by atoms with Gasteiger partial charge in [0.05, 0.1) is 0 Å². The van der Waals surface area contributed by atoms with Crippen molar-refractivity contribution in [2.45, 2.75) is 39.2 Å². The average molecular weight is 660 g/mol. The standard InChI is InChI=1S/C30H32N4O.Pt/c1-22(2)23-16-25(34-21-32(6)30(3,4)28-12-7-8-13-29(28)34)19-27(17-23)35-26-11-9-10-24(18-26)33-15-14-31(5)20-33;/h7-17,20-22H,1-6H3;/q-4;+4. The van der Waals surface area contributed by atoms with Gasteiger partial charge in [-0.15, -0.1) is 53.3 Å². The number of fused-ring (bicyclic) bond motifs is 1. The second-order valence-corrected chi connectivity index (χ2v) is 9.98. The van der Waals surface area contributed by atoms with E-state index in [2.05, 4.69) is 99.7 Å². The fourth-order valence-corrected chi connectivity index (χ4v) is 4.39. The van der Waals surface area contributed by atoms with Gasteiger partial charge in [-0.3, -0.25) is 0 Å². The Morgan fingerprint density at radius 3 is 2.33 bits per heavy atom. The predicted octanol–water partition coefficient (Wildman–Crippen LogP) is 6.98. The fraction of sp³-hybridized carbons (Fsp3) is 0.267. The number of hydrogen-bond acceptors (Lipinski definition) is 5. The van der Waals surface area contributed by atoms with Gasteiger partial charge in [-0.1, -0.05) is 32.0 Å². The first-order chi connectivity index (χ1) is 16.7. The van der Waals surface area contributed by atoms with Crippen molar-refractivity contribution in [2.24, 2.45) is 0 Å². The Bertz CT molecular complexity index is 1260. The van der Waals surface area contributed by atoms with E-state index in [0.29, 0.717) is 17.4 Å². The van der Waals surface area contributed by atoms with Crippen LogP contribution in [0.5, 0.6) is 11.5 Å². The Balaban J connectivity index is 0.00000304. The van der Waals surface area contributed by atoms with Gasteiger partial charge < -0.3 is 24.3 Å². The van der Waals surface area contributed by atoms with Crippen molar-refractivity contribution in [3.05, 3.63) is 104 Å². The van der Waals surface area contributed by atoms with E-state index in [1.54, 1.807) is 0 Å². The molecule has 0 unspecified atom stereocenters. The van der Waals surface area contributed by atoms with Crippen molar-refractivity contribution < 1.29 is 25.8 Å². The van der Waals surface area contributed by atoms with Gasteiger partial charge >= 0.3 is 21.1 Å². The van der Waals surface area contributed by atoms with Crippen LogP contribution in [-0.4, -0.2) is 23.9 Å². The van der Waals surface area contributed by atoms with Crippen molar-refractivity contribution in [3.8, 4) is 11.5 Å². The van der Waals surface area contributed by atoms with Gasteiger partial charge in [-0.05, 0) is 57.9 Å². The van der Waals surface area contributed by atoms with Crippen molar-refractivity contribution in [3.63, 3.8) is 0 Å². The van der Waals surface area contributed by atoms with Crippen molar-refractivity contribution in [1.29, 1.82) is 0 Å². The summed E-state index contributed by atoms with van der Waals surface area (Å²) < 4.78 is 6.34. The Kier molecular flexibility index (Phi) is 7.54. The molecular formula is C30H32N4OPt. The molecule has 5 rings (SSSR count). The zero-order valence-corrected chi connectivity index (χ0v) is 23.9. The second kappa shape index (κ2) is 10.3. The molecule has 2 aliphatic heterocycles. The molecule has 2 aliphatic rings. The van der Waals surface area contributed by atoms with E-state index >= 15 is 0 Å². The number of rotatable bonds is 5. The number of benzene rings is 3. The number of hydrogen-bond donors (Lipinski definition) is 0. The van der Waals surface area contributed by atoms with Crippen LogP contribution in [0.4, 0.5) is 17.1 Å². The first-order valence-electron chi connectivity index (χ1n) is 12.0. The topological polar surface area (TPSA) is 22.2 Å². The number of para-hydroxylation sites is 1. The van der Waals surface area contributed by atoms with E-state index in [9.17, 15) is 0 Å². The third-order valence-corrected chi connectivity index (χ3v) is 6.79. The minimum Gasteiger partial charge on any atom is -0.510 e. The molecule has 0 radical (unpaired) electrons. The van der Waals surface area contributed by atoms with Gasteiger partial charge in [-0.25, -0.2) is 0 Å². The summed E-state index contributed by atoms with van der Waals surface area (Å²) in [5.41, 5.74) is 5.40. The van der Waals surface area contributed by atoms with Gasteiger partial charge in [-0.2, -0.15) is 19.4 Å². The molecule has 36 heavy (non-hydrogen) atoms. The van der Waals surface area contributed by atoms with E-state index in [4.69, 9.17) is 4.74 Å². The first kappa shape index (κ1) is 26.3. The van der Waals surface area contributed by atoms with Crippen molar-refractivity contribution >= 4 is 17.1 Å². The summed E-state index contributed by atoms with van der Waals surface area (Å²) in [4.78, 5) is 8.47. The summed E-state index contributed by atoms with van der Waals surface area (Å²) in [5.74, 6) is 1.68. The molecule has 188 valence electrons. The van der Waals surface area contributed by atoms with E-state index in [-0.39, 0.29) is 26.6 Å². The molecule has 0 saturated carbocycles. The van der Waals surface area contributed by atoms with Crippen LogP contribution in [0.2, 0.25) is 0 Å². The van der Waals surface area contributed by atoms with Crippen LogP contribution in [0.1, 0.15) is 44.7 Å². The van der Waals surface area contributed by atoms with Gasteiger partial charge in [0, 0.05) is 22.7 Å². The van der Waals surface area contributed by atoms with Crippen LogP contribution in [0.15, 0.2) is 67.0 Å². The molecule has 0 N–H and O–H groups in total. The molecule has 0 saturated heterocycles. The molecule has 0 aliphatic carbocycles. The summed E-state index contributed by atoms with van der Waals surface area (Å²) in [7, 11) is 4.12. The van der Waals surface area contributed by atoms with Crippen LogP contribution in [-0.2, 0) is 26.6 Å². The smallest absolute Gasteiger partial charge is 0.510 e. The minimum absolute atomic E-state index is 0. The minimum atomic E-state index is -0.105. The summed E-state index contributed by atoms with van der Waals surface area (Å²) in [5, 5.41) is 0. The predicted molar refractivity (Wildman–Crippen MR) is 142 cm³/mol. The first-order valence-corrected chi connectivity index (χ1v) is 12.0. The zero-order chi connectivity index (χ0) is 24.7. The average Bonchev–Trinajstić information content (AvgIpc) is 3.28. The largest absolute Gasteiger partial charge is 4.00 e. The van der Waals surface area contributed by atoms with Gasteiger partial charge in [0.15, 0.2) is 0 Å².